The number of benzene rings is 1. The molecule has 2 aromatic rings. The predicted octanol–water partition coefficient (Wildman–Crippen LogP) is 2.86. The average molecular weight is 245 g/mol. The van der Waals surface area contributed by atoms with Crippen LogP contribution in [0.25, 0.3) is 5.69 Å². The summed E-state index contributed by atoms with van der Waals surface area (Å²) in [6.45, 7) is 7.93. The monoisotopic (exact) mass is 245 g/mol. The zero-order chi connectivity index (χ0) is 13.3. The van der Waals surface area contributed by atoms with E-state index in [1.807, 2.05) is 56.7 Å². The molecule has 0 spiro atoms. The Labute approximate surface area is 107 Å². The van der Waals surface area contributed by atoms with Crippen molar-refractivity contribution in [1.29, 1.82) is 0 Å². The number of nitrogens with zero attached hydrogens (tertiary/aromatic N) is 2. The minimum Gasteiger partial charge on any atom is -0.489 e. The van der Waals surface area contributed by atoms with Gasteiger partial charge in [0.1, 0.15) is 11.6 Å². The topological polar surface area (TPSA) is 53.1 Å². The van der Waals surface area contributed by atoms with Crippen LogP contribution in [0.15, 0.2) is 24.4 Å². The Hall–Kier alpha value is -1.97. The number of aryl methyl sites for hydroxylation is 2. The summed E-state index contributed by atoms with van der Waals surface area (Å²) in [6.07, 6.45) is 2.10. The lowest BCUT2D eigenvalue weighted by Gasteiger charge is -2.14. The summed E-state index contributed by atoms with van der Waals surface area (Å²) in [5.41, 5.74) is 8.57. The molecule has 2 N–H and O–H groups in total. The number of ether oxygens (including phenoxy) is 1. The molecule has 1 aromatic heterocycles. The molecule has 0 bridgehead atoms. The van der Waals surface area contributed by atoms with Crippen LogP contribution in [0, 0.1) is 13.8 Å². The van der Waals surface area contributed by atoms with E-state index < -0.39 is 0 Å². The smallest absolute Gasteiger partial charge is 0.144 e. The highest BCUT2D eigenvalue weighted by atomic mass is 16.5. The summed E-state index contributed by atoms with van der Waals surface area (Å²) in [7, 11) is 0. The number of anilines is 1. The van der Waals surface area contributed by atoms with Crippen LogP contribution in [0.5, 0.6) is 5.75 Å². The molecule has 2 rings (SSSR count). The normalized spacial score (nSPS) is 10.9. The van der Waals surface area contributed by atoms with Gasteiger partial charge in [0.05, 0.1) is 23.2 Å². The first-order valence-electron chi connectivity index (χ1n) is 6.06. The number of rotatable bonds is 3. The molecule has 0 unspecified atom stereocenters. The standard InChI is InChI=1S/C14H19N3O/c1-9(2)18-14-7-12(5-6-13(14)15)17-8-10(3)16-11(17)4/h5-9H,15H2,1-4H3. The SMILES string of the molecule is Cc1cn(-c2ccc(N)c(OC(C)C)c2)c(C)n1. The maximum Gasteiger partial charge on any atom is 0.144 e. The van der Waals surface area contributed by atoms with Crippen LogP contribution in [-0.4, -0.2) is 15.7 Å². The van der Waals surface area contributed by atoms with E-state index in [2.05, 4.69) is 4.98 Å². The third-order valence-corrected chi connectivity index (χ3v) is 2.64. The van der Waals surface area contributed by atoms with Crippen molar-refractivity contribution in [2.75, 3.05) is 5.73 Å². The van der Waals surface area contributed by atoms with E-state index in [-0.39, 0.29) is 6.10 Å². The molecule has 0 aliphatic rings. The minimum absolute atomic E-state index is 0.105. The van der Waals surface area contributed by atoms with Crippen molar-refractivity contribution in [3.05, 3.63) is 35.9 Å². The second kappa shape index (κ2) is 4.72. The quantitative estimate of drug-likeness (QED) is 0.846. The molecule has 1 heterocycles. The van der Waals surface area contributed by atoms with Gasteiger partial charge in [-0.05, 0) is 39.8 Å². The Balaban J connectivity index is 2.43. The molecule has 0 atom stereocenters. The summed E-state index contributed by atoms with van der Waals surface area (Å²) in [5, 5.41) is 0. The van der Waals surface area contributed by atoms with Gasteiger partial charge in [-0.25, -0.2) is 4.98 Å². The van der Waals surface area contributed by atoms with Crippen molar-refractivity contribution < 1.29 is 4.74 Å². The van der Waals surface area contributed by atoms with Gasteiger partial charge < -0.3 is 15.0 Å². The summed E-state index contributed by atoms with van der Waals surface area (Å²) >= 11 is 0. The van der Waals surface area contributed by atoms with Gasteiger partial charge in [0.2, 0.25) is 0 Å². The van der Waals surface area contributed by atoms with E-state index in [4.69, 9.17) is 10.5 Å². The van der Waals surface area contributed by atoms with Crippen LogP contribution in [0.2, 0.25) is 0 Å². The first-order valence-corrected chi connectivity index (χ1v) is 6.06. The lowest BCUT2D eigenvalue weighted by molar-refractivity contribution is 0.244. The fourth-order valence-corrected chi connectivity index (χ4v) is 1.91. The van der Waals surface area contributed by atoms with Gasteiger partial charge in [0, 0.05) is 12.3 Å². The Kier molecular flexibility index (Phi) is 3.28. The third-order valence-electron chi connectivity index (χ3n) is 2.64. The number of hydrogen-bond donors (Lipinski definition) is 1. The number of hydrogen-bond acceptors (Lipinski definition) is 3. The Morgan fingerprint density at radius 3 is 2.56 bits per heavy atom. The second-order valence-corrected chi connectivity index (χ2v) is 4.69. The fourth-order valence-electron chi connectivity index (χ4n) is 1.91. The number of nitrogen functional groups attached to an aromatic ring is 1. The van der Waals surface area contributed by atoms with Gasteiger partial charge in [-0.3, -0.25) is 0 Å². The van der Waals surface area contributed by atoms with Crippen molar-refractivity contribution in [2.24, 2.45) is 0 Å². The molecule has 0 amide bonds. The molecule has 18 heavy (non-hydrogen) atoms. The van der Waals surface area contributed by atoms with Crippen LogP contribution < -0.4 is 10.5 Å². The highest BCUT2D eigenvalue weighted by molar-refractivity contribution is 5.57. The van der Waals surface area contributed by atoms with E-state index >= 15 is 0 Å². The Morgan fingerprint density at radius 2 is 2.00 bits per heavy atom. The van der Waals surface area contributed by atoms with Crippen LogP contribution in [0.3, 0.4) is 0 Å². The summed E-state index contributed by atoms with van der Waals surface area (Å²) in [4.78, 5) is 4.39. The van der Waals surface area contributed by atoms with Gasteiger partial charge >= 0.3 is 0 Å². The van der Waals surface area contributed by atoms with E-state index in [0.29, 0.717) is 11.4 Å². The Morgan fingerprint density at radius 1 is 1.28 bits per heavy atom. The molecule has 0 aliphatic carbocycles. The molecule has 0 fully saturated rings. The van der Waals surface area contributed by atoms with Gasteiger partial charge in [-0.15, -0.1) is 0 Å². The lowest BCUT2D eigenvalue weighted by Crippen LogP contribution is -2.08. The lowest BCUT2D eigenvalue weighted by atomic mass is 10.2. The second-order valence-electron chi connectivity index (χ2n) is 4.69. The van der Waals surface area contributed by atoms with Crippen LogP contribution in [0.1, 0.15) is 25.4 Å². The van der Waals surface area contributed by atoms with Crippen molar-refractivity contribution >= 4 is 5.69 Å². The van der Waals surface area contributed by atoms with Gasteiger partial charge in [-0.1, -0.05) is 0 Å². The molecule has 0 aliphatic heterocycles. The maximum atomic E-state index is 5.91. The molecule has 4 heteroatoms. The highest BCUT2D eigenvalue weighted by Gasteiger charge is 2.08. The van der Waals surface area contributed by atoms with E-state index in [1.54, 1.807) is 0 Å². The van der Waals surface area contributed by atoms with Crippen molar-refractivity contribution in [2.45, 2.75) is 33.8 Å². The fraction of sp³-hybridized carbons (Fsp3) is 0.357. The zero-order valence-corrected chi connectivity index (χ0v) is 11.3. The molecule has 96 valence electrons. The Bertz CT molecular complexity index is 558. The minimum atomic E-state index is 0.105. The zero-order valence-electron chi connectivity index (χ0n) is 11.3. The van der Waals surface area contributed by atoms with Crippen LogP contribution in [0.4, 0.5) is 5.69 Å². The molecule has 1 aromatic carbocycles. The van der Waals surface area contributed by atoms with Gasteiger partial charge in [-0.2, -0.15) is 0 Å². The first kappa shape index (κ1) is 12.5. The molecular formula is C14H19N3O. The highest BCUT2D eigenvalue weighted by Crippen LogP contribution is 2.26. The average Bonchev–Trinajstić information content (AvgIpc) is 2.60. The predicted molar refractivity (Wildman–Crippen MR) is 73.2 cm³/mol. The number of nitrogens with two attached hydrogens (primary N) is 1. The molecule has 0 saturated heterocycles. The molecular weight excluding hydrogens is 226 g/mol. The largest absolute Gasteiger partial charge is 0.489 e. The first-order chi connectivity index (χ1) is 8.47. The van der Waals surface area contributed by atoms with Crippen LogP contribution in [-0.2, 0) is 0 Å². The van der Waals surface area contributed by atoms with Crippen molar-refractivity contribution in [3.63, 3.8) is 0 Å². The molecule has 0 saturated carbocycles. The number of aromatic nitrogens is 2. The summed E-state index contributed by atoms with van der Waals surface area (Å²) in [5.74, 6) is 1.67. The van der Waals surface area contributed by atoms with Crippen LogP contribution >= 0.6 is 0 Å². The van der Waals surface area contributed by atoms with Crippen molar-refractivity contribution in [1.82, 2.24) is 9.55 Å². The number of imidazole rings is 1. The summed E-state index contributed by atoms with van der Waals surface area (Å²) < 4.78 is 7.72. The van der Waals surface area contributed by atoms with E-state index in [9.17, 15) is 0 Å². The third kappa shape index (κ3) is 2.47. The van der Waals surface area contributed by atoms with E-state index in [0.717, 1.165) is 17.2 Å². The maximum absolute atomic E-state index is 5.91. The molecule has 4 nitrogen and oxygen atoms in total. The van der Waals surface area contributed by atoms with Gasteiger partial charge in [0.25, 0.3) is 0 Å². The summed E-state index contributed by atoms with van der Waals surface area (Å²) in [6, 6.07) is 5.78. The van der Waals surface area contributed by atoms with Gasteiger partial charge in [0.15, 0.2) is 0 Å². The van der Waals surface area contributed by atoms with Crippen molar-refractivity contribution in [3.8, 4) is 11.4 Å². The molecule has 0 radical (unpaired) electrons. The van der Waals surface area contributed by atoms with E-state index in [1.165, 1.54) is 0 Å².